The molecule has 0 aliphatic carbocycles. The zero-order chi connectivity index (χ0) is 13.7. The maximum atomic E-state index is 8.63. The first-order valence-corrected chi connectivity index (χ1v) is 6.57. The third-order valence-electron chi connectivity index (χ3n) is 3.28. The van der Waals surface area contributed by atoms with Crippen molar-refractivity contribution in [3.63, 3.8) is 0 Å². The van der Waals surface area contributed by atoms with Crippen molar-refractivity contribution in [2.45, 2.75) is 33.2 Å². The molecule has 0 atom stereocenters. The van der Waals surface area contributed by atoms with Crippen LogP contribution in [0.2, 0.25) is 0 Å². The van der Waals surface area contributed by atoms with Crippen molar-refractivity contribution in [2.24, 2.45) is 5.41 Å². The molecule has 0 unspecified atom stereocenters. The van der Waals surface area contributed by atoms with E-state index in [1.807, 2.05) is 18.2 Å². The van der Waals surface area contributed by atoms with Gasteiger partial charge in [-0.15, -0.1) is 0 Å². The van der Waals surface area contributed by atoms with Crippen molar-refractivity contribution in [3.05, 3.63) is 23.8 Å². The molecule has 0 aromatic heterocycles. The van der Waals surface area contributed by atoms with Crippen LogP contribution in [0.4, 0.5) is 0 Å². The third-order valence-corrected chi connectivity index (χ3v) is 3.28. The van der Waals surface area contributed by atoms with E-state index in [-0.39, 0.29) is 5.41 Å². The molecular formula is C15H20N2O2. The Bertz CT molecular complexity index is 478. The fourth-order valence-electron chi connectivity index (χ4n) is 2.08. The van der Waals surface area contributed by atoms with Crippen molar-refractivity contribution in [3.8, 4) is 17.6 Å². The second-order valence-electron chi connectivity index (χ2n) is 5.61. The highest BCUT2D eigenvalue weighted by Crippen LogP contribution is 2.32. The van der Waals surface area contributed by atoms with Crippen LogP contribution in [0.1, 0.15) is 32.3 Å². The Hall–Kier alpha value is -1.73. The number of nitrogens with one attached hydrogen (secondary N) is 1. The van der Waals surface area contributed by atoms with Crippen molar-refractivity contribution in [1.82, 2.24) is 5.32 Å². The summed E-state index contributed by atoms with van der Waals surface area (Å²) < 4.78 is 10.6. The lowest BCUT2D eigenvalue weighted by molar-refractivity contribution is 0.174. The molecule has 0 saturated heterocycles. The van der Waals surface area contributed by atoms with Gasteiger partial charge in [-0.25, -0.2) is 0 Å². The van der Waals surface area contributed by atoms with E-state index in [4.69, 9.17) is 14.7 Å². The molecule has 0 radical (unpaired) electrons. The predicted molar refractivity (Wildman–Crippen MR) is 72.9 cm³/mol. The number of ether oxygens (including phenoxy) is 2. The normalized spacial score (nSPS) is 13.3. The van der Waals surface area contributed by atoms with E-state index < -0.39 is 0 Å². The lowest BCUT2D eigenvalue weighted by Crippen LogP contribution is -2.29. The monoisotopic (exact) mass is 260 g/mol. The van der Waals surface area contributed by atoms with Gasteiger partial charge < -0.3 is 14.8 Å². The maximum absolute atomic E-state index is 8.63. The van der Waals surface area contributed by atoms with Crippen molar-refractivity contribution < 1.29 is 9.47 Å². The Morgan fingerprint density at radius 2 is 2.11 bits per heavy atom. The molecule has 4 nitrogen and oxygen atoms in total. The molecule has 0 bridgehead atoms. The molecule has 0 amide bonds. The summed E-state index contributed by atoms with van der Waals surface area (Å²) in [7, 11) is 0. The molecule has 0 saturated carbocycles. The topological polar surface area (TPSA) is 54.3 Å². The number of hydrogen-bond donors (Lipinski definition) is 1. The van der Waals surface area contributed by atoms with E-state index in [1.165, 1.54) is 5.56 Å². The van der Waals surface area contributed by atoms with Crippen LogP contribution in [0, 0.1) is 16.7 Å². The van der Waals surface area contributed by atoms with Crippen LogP contribution >= 0.6 is 0 Å². The van der Waals surface area contributed by atoms with Gasteiger partial charge in [-0.2, -0.15) is 5.26 Å². The summed E-state index contributed by atoms with van der Waals surface area (Å²) in [5.74, 6) is 1.64. The summed E-state index contributed by atoms with van der Waals surface area (Å²) in [6.45, 7) is 6.36. The van der Waals surface area contributed by atoms with Crippen LogP contribution in [0.15, 0.2) is 18.2 Å². The minimum atomic E-state index is 0.145. The minimum Gasteiger partial charge on any atom is -0.454 e. The quantitative estimate of drug-likeness (QED) is 0.854. The molecule has 0 fully saturated rings. The molecule has 1 aromatic rings. The summed E-state index contributed by atoms with van der Waals surface area (Å²) in [4.78, 5) is 0. The summed E-state index contributed by atoms with van der Waals surface area (Å²) >= 11 is 0. The number of benzene rings is 1. The zero-order valence-electron chi connectivity index (χ0n) is 11.5. The van der Waals surface area contributed by atoms with Crippen molar-refractivity contribution >= 4 is 0 Å². The first-order chi connectivity index (χ1) is 9.11. The minimum absolute atomic E-state index is 0.145. The molecule has 1 N–H and O–H groups in total. The standard InChI is InChI=1S/C15H20N2O2/c1-15(2,6-3-7-16)10-17-9-12-4-5-13-14(8-12)19-11-18-13/h4-5,8,17H,3,6,9-11H2,1-2H3. The molecule has 1 aliphatic heterocycles. The van der Waals surface area contributed by atoms with Gasteiger partial charge in [-0.05, 0) is 29.5 Å². The average Bonchev–Trinajstić information content (AvgIpc) is 2.83. The maximum Gasteiger partial charge on any atom is 0.231 e. The Kier molecular flexibility index (Phi) is 4.28. The second-order valence-corrected chi connectivity index (χ2v) is 5.61. The molecule has 19 heavy (non-hydrogen) atoms. The number of rotatable bonds is 6. The first kappa shape index (κ1) is 13.7. The molecule has 1 aromatic carbocycles. The Balaban J connectivity index is 1.81. The van der Waals surface area contributed by atoms with Gasteiger partial charge in [-0.1, -0.05) is 19.9 Å². The summed E-state index contributed by atoms with van der Waals surface area (Å²) in [5, 5.41) is 12.1. The second kappa shape index (κ2) is 5.94. The average molecular weight is 260 g/mol. The van der Waals surface area contributed by atoms with Crippen molar-refractivity contribution in [2.75, 3.05) is 13.3 Å². The summed E-state index contributed by atoms with van der Waals surface area (Å²) in [6, 6.07) is 8.20. The molecule has 4 heteroatoms. The number of hydrogen-bond acceptors (Lipinski definition) is 4. The van der Waals surface area contributed by atoms with Gasteiger partial charge in [0.05, 0.1) is 6.07 Å². The van der Waals surface area contributed by atoms with E-state index in [1.54, 1.807) is 0 Å². The van der Waals surface area contributed by atoms with Crippen LogP contribution in [0.5, 0.6) is 11.5 Å². The molecule has 1 aliphatic rings. The smallest absolute Gasteiger partial charge is 0.231 e. The molecule has 1 heterocycles. The van der Waals surface area contributed by atoms with Crippen molar-refractivity contribution in [1.29, 1.82) is 5.26 Å². The fourth-order valence-corrected chi connectivity index (χ4v) is 2.08. The third kappa shape index (κ3) is 3.87. The predicted octanol–water partition coefficient (Wildman–Crippen LogP) is 2.83. The highest BCUT2D eigenvalue weighted by atomic mass is 16.7. The summed E-state index contributed by atoms with van der Waals surface area (Å²) in [6.07, 6.45) is 1.52. The van der Waals surface area contributed by atoms with E-state index in [9.17, 15) is 0 Å². The zero-order valence-corrected chi connectivity index (χ0v) is 11.5. The first-order valence-electron chi connectivity index (χ1n) is 6.57. The van der Waals surface area contributed by atoms with Crippen LogP contribution in [0.3, 0.4) is 0 Å². The van der Waals surface area contributed by atoms with Gasteiger partial charge >= 0.3 is 0 Å². The van der Waals surface area contributed by atoms with E-state index in [2.05, 4.69) is 25.2 Å². The molecule has 0 spiro atoms. The Morgan fingerprint density at radius 3 is 2.89 bits per heavy atom. The fraction of sp³-hybridized carbons (Fsp3) is 0.533. The van der Waals surface area contributed by atoms with Gasteiger partial charge in [0.1, 0.15) is 0 Å². The molecule has 2 rings (SSSR count). The highest BCUT2D eigenvalue weighted by molar-refractivity contribution is 5.44. The number of fused-ring (bicyclic) bond motifs is 1. The van der Waals surface area contributed by atoms with Crippen LogP contribution in [-0.4, -0.2) is 13.3 Å². The van der Waals surface area contributed by atoms with E-state index in [0.29, 0.717) is 13.2 Å². The number of nitrogens with zero attached hydrogens (tertiary/aromatic N) is 1. The van der Waals surface area contributed by atoms with E-state index >= 15 is 0 Å². The molecular weight excluding hydrogens is 240 g/mol. The largest absolute Gasteiger partial charge is 0.454 e. The van der Waals surface area contributed by atoms with Gasteiger partial charge in [0, 0.05) is 19.5 Å². The Morgan fingerprint density at radius 1 is 1.32 bits per heavy atom. The van der Waals surface area contributed by atoms with Gasteiger partial charge in [0.2, 0.25) is 6.79 Å². The van der Waals surface area contributed by atoms with Crippen LogP contribution < -0.4 is 14.8 Å². The van der Waals surface area contributed by atoms with Gasteiger partial charge in [-0.3, -0.25) is 0 Å². The van der Waals surface area contributed by atoms with Crippen LogP contribution in [-0.2, 0) is 6.54 Å². The van der Waals surface area contributed by atoms with E-state index in [0.717, 1.165) is 31.0 Å². The highest BCUT2D eigenvalue weighted by Gasteiger charge is 2.17. The van der Waals surface area contributed by atoms with Gasteiger partial charge in [0.25, 0.3) is 0 Å². The van der Waals surface area contributed by atoms with Crippen LogP contribution in [0.25, 0.3) is 0 Å². The number of nitriles is 1. The van der Waals surface area contributed by atoms with Gasteiger partial charge in [0.15, 0.2) is 11.5 Å². The Labute approximate surface area is 114 Å². The molecule has 102 valence electrons. The lowest BCUT2D eigenvalue weighted by atomic mass is 9.88. The summed E-state index contributed by atoms with van der Waals surface area (Å²) in [5.41, 5.74) is 1.33. The lowest BCUT2D eigenvalue weighted by Gasteiger charge is -2.23. The SMILES string of the molecule is CC(C)(CCC#N)CNCc1ccc2c(c1)OCO2.